The van der Waals surface area contributed by atoms with E-state index in [0.29, 0.717) is 24.4 Å². The van der Waals surface area contributed by atoms with Gasteiger partial charge in [-0.2, -0.15) is 0 Å². The predicted molar refractivity (Wildman–Crippen MR) is 83.0 cm³/mol. The van der Waals surface area contributed by atoms with E-state index in [1.807, 2.05) is 6.92 Å². The summed E-state index contributed by atoms with van der Waals surface area (Å²) in [6, 6.07) is 0. The summed E-state index contributed by atoms with van der Waals surface area (Å²) in [4.78, 5) is 11.7. The lowest BCUT2D eigenvalue weighted by Crippen LogP contribution is -2.41. The van der Waals surface area contributed by atoms with Crippen molar-refractivity contribution in [2.75, 3.05) is 13.2 Å². The Morgan fingerprint density at radius 2 is 1.75 bits per heavy atom. The zero-order chi connectivity index (χ0) is 15.1. The second kappa shape index (κ2) is 5.45. The van der Waals surface area contributed by atoms with Gasteiger partial charge in [-0.1, -0.05) is 20.8 Å². The maximum Gasteiger partial charge on any atom is 0.309 e. The van der Waals surface area contributed by atoms with Crippen molar-refractivity contribution in [1.29, 1.82) is 0 Å². The summed E-state index contributed by atoms with van der Waals surface area (Å²) >= 11 is 0. The van der Waals surface area contributed by atoms with E-state index in [-0.39, 0.29) is 16.9 Å². The molecule has 0 amide bonds. The maximum atomic E-state index is 11.7. The van der Waals surface area contributed by atoms with E-state index in [1.165, 1.54) is 0 Å². The van der Waals surface area contributed by atoms with E-state index in [1.54, 1.807) is 0 Å². The molecule has 0 aromatic rings. The van der Waals surface area contributed by atoms with Gasteiger partial charge in [-0.25, -0.2) is 0 Å². The van der Waals surface area contributed by atoms with Crippen LogP contribution < -0.4 is 0 Å². The van der Waals surface area contributed by atoms with Gasteiger partial charge in [0.25, 0.3) is 0 Å². The molecule has 3 nitrogen and oxygen atoms in total. The molecular formula is C16H30O3Si. The van der Waals surface area contributed by atoms with Crippen LogP contribution in [0.4, 0.5) is 0 Å². The summed E-state index contributed by atoms with van der Waals surface area (Å²) in [5, 5.41) is 0.280. The van der Waals surface area contributed by atoms with Gasteiger partial charge in [0.05, 0.1) is 12.5 Å². The minimum absolute atomic E-state index is 0.0336. The molecule has 2 saturated carbocycles. The van der Waals surface area contributed by atoms with Crippen molar-refractivity contribution in [2.24, 2.45) is 23.7 Å². The van der Waals surface area contributed by atoms with Gasteiger partial charge in [0.2, 0.25) is 0 Å². The molecule has 2 aliphatic carbocycles. The van der Waals surface area contributed by atoms with Gasteiger partial charge >= 0.3 is 5.97 Å². The van der Waals surface area contributed by atoms with Gasteiger partial charge in [0.15, 0.2) is 8.32 Å². The van der Waals surface area contributed by atoms with Crippen LogP contribution in [0.3, 0.4) is 0 Å². The number of rotatable bonds is 5. The number of carbonyl (C=O) groups is 1. The molecule has 0 N–H and O–H groups in total. The zero-order valence-corrected chi connectivity index (χ0v) is 14.9. The molecule has 0 saturated heterocycles. The highest BCUT2D eigenvalue weighted by atomic mass is 28.4. The third-order valence-corrected chi connectivity index (χ3v) is 10.1. The van der Waals surface area contributed by atoms with Gasteiger partial charge in [-0.05, 0) is 55.7 Å². The molecule has 0 bridgehead atoms. The van der Waals surface area contributed by atoms with Crippen LogP contribution in [-0.4, -0.2) is 27.5 Å². The molecule has 0 radical (unpaired) electrons. The third-order valence-electron chi connectivity index (χ3n) is 5.59. The summed E-state index contributed by atoms with van der Waals surface area (Å²) in [7, 11) is -1.62. The lowest BCUT2D eigenvalue weighted by Gasteiger charge is -2.37. The minimum Gasteiger partial charge on any atom is -0.466 e. The fourth-order valence-electron chi connectivity index (χ4n) is 3.22. The minimum atomic E-state index is -1.62. The number of hydrogen-bond acceptors (Lipinski definition) is 3. The SMILES string of the molecule is CCOC(=O)C1C2CC(CO[Si](C)(C)C(C)(C)C)CC21. The summed E-state index contributed by atoms with van der Waals surface area (Å²) in [6.07, 6.45) is 2.31. The van der Waals surface area contributed by atoms with Crippen molar-refractivity contribution < 1.29 is 14.0 Å². The van der Waals surface area contributed by atoms with Crippen LogP contribution in [0.1, 0.15) is 40.5 Å². The van der Waals surface area contributed by atoms with Gasteiger partial charge in [0, 0.05) is 6.61 Å². The van der Waals surface area contributed by atoms with Crippen molar-refractivity contribution in [1.82, 2.24) is 0 Å². The first kappa shape index (κ1) is 16.0. The molecule has 116 valence electrons. The van der Waals surface area contributed by atoms with E-state index in [9.17, 15) is 4.79 Å². The molecular weight excluding hydrogens is 268 g/mol. The monoisotopic (exact) mass is 298 g/mol. The van der Waals surface area contributed by atoms with Gasteiger partial charge in [0.1, 0.15) is 0 Å². The van der Waals surface area contributed by atoms with Crippen LogP contribution >= 0.6 is 0 Å². The maximum absolute atomic E-state index is 11.7. The average Bonchev–Trinajstić information content (AvgIpc) is 2.82. The molecule has 0 spiro atoms. The molecule has 0 aliphatic heterocycles. The Labute approximate surface area is 124 Å². The first-order chi connectivity index (χ1) is 9.17. The van der Waals surface area contributed by atoms with Crippen LogP contribution in [0.15, 0.2) is 0 Å². The van der Waals surface area contributed by atoms with Crippen molar-refractivity contribution in [3.63, 3.8) is 0 Å². The van der Waals surface area contributed by atoms with Crippen LogP contribution in [0, 0.1) is 23.7 Å². The first-order valence-electron chi connectivity index (χ1n) is 7.98. The Morgan fingerprint density at radius 1 is 1.20 bits per heavy atom. The van der Waals surface area contributed by atoms with Crippen molar-refractivity contribution >= 4 is 14.3 Å². The smallest absolute Gasteiger partial charge is 0.309 e. The molecule has 0 aromatic carbocycles. The van der Waals surface area contributed by atoms with Crippen molar-refractivity contribution in [3.8, 4) is 0 Å². The van der Waals surface area contributed by atoms with E-state index < -0.39 is 8.32 Å². The number of esters is 1. The number of carbonyl (C=O) groups excluding carboxylic acids is 1. The predicted octanol–water partition coefficient (Wildman–Crippen LogP) is 3.84. The molecule has 0 heterocycles. The summed E-state index contributed by atoms with van der Waals surface area (Å²) in [5.74, 6) is 2.07. The summed E-state index contributed by atoms with van der Waals surface area (Å²) in [5.41, 5.74) is 0. The van der Waals surface area contributed by atoms with Crippen molar-refractivity contribution in [3.05, 3.63) is 0 Å². The Kier molecular flexibility index (Phi) is 4.37. The lowest BCUT2D eigenvalue weighted by atomic mass is 10.0. The molecule has 2 rings (SSSR count). The van der Waals surface area contributed by atoms with E-state index in [0.717, 1.165) is 19.4 Å². The van der Waals surface area contributed by atoms with Crippen molar-refractivity contribution in [2.45, 2.75) is 58.7 Å². The molecule has 0 aromatic heterocycles. The summed E-state index contributed by atoms with van der Waals surface area (Å²) in [6.45, 7) is 14.7. The van der Waals surface area contributed by atoms with Gasteiger partial charge < -0.3 is 9.16 Å². The van der Waals surface area contributed by atoms with Crippen LogP contribution in [0.2, 0.25) is 18.1 Å². The summed E-state index contributed by atoms with van der Waals surface area (Å²) < 4.78 is 11.4. The standard InChI is InChI=1S/C16H30O3Si/c1-7-18-15(17)14-12-8-11(9-13(12)14)10-19-20(5,6)16(2,3)4/h11-14H,7-10H2,1-6H3. The van der Waals surface area contributed by atoms with E-state index in [4.69, 9.17) is 9.16 Å². The highest BCUT2D eigenvalue weighted by Crippen LogP contribution is 2.60. The highest BCUT2D eigenvalue weighted by molar-refractivity contribution is 6.74. The van der Waals surface area contributed by atoms with Gasteiger partial charge in [-0.3, -0.25) is 4.79 Å². The number of hydrogen-bond donors (Lipinski definition) is 0. The second-order valence-electron chi connectivity index (χ2n) is 8.01. The van der Waals surface area contributed by atoms with Crippen LogP contribution in [0.5, 0.6) is 0 Å². The van der Waals surface area contributed by atoms with Crippen LogP contribution in [-0.2, 0) is 14.0 Å². The van der Waals surface area contributed by atoms with Crippen LogP contribution in [0.25, 0.3) is 0 Å². The normalized spacial score (nSPS) is 32.9. The first-order valence-corrected chi connectivity index (χ1v) is 10.9. The highest BCUT2D eigenvalue weighted by Gasteiger charge is 2.60. The molecule has 2 fully saturated rings. The van der Waals surface area contributed by atoms with E-state index in [2.05, 4.69) is 33.9 Å². The van der Waals surface area contributed by atoms with Gasteiger partial charge in [-0.15, -0.1) is 0 Å². The Hall–Kier alpha value is -0.353. The van der Waals surface area contributed by atoms with E-state index >= 15 is 0 Å². The average molecular weight is 298 g/mol. The Morgan fingerprint density at radius 3 is 2.20 bits per heavy atom. The molecule has 20 heavy (non-hydrogen) atoms. The fourth-order valence-corrected chi connectivity index (χ4v) is 4.31. The fraction of sp³-hybridized carbons (Fsp3) is 0.938. The number of ether oxygens (including phenoxy) is 1. The molecule has 2 atom stereocenters. The second-order valence-corrected chi connectivity index (χ2v) is 12.8. The Bertz CT molecular complexity index is 360. The molecule has 2 aliphatic rings. The topological polar surface area (TPSA) is 35.5 Å². The number of fused-ring (bicyclic) bond motifs is 1. The molecule has 2 unspecified atom stereocenters. The third kappa shape index (κ3) is 3.11. The zero-order valence-electron chi connectivity index (χ0n) is 13.9. The largest absolute Gasteiger partial charge is 0.466 e. The lowest BCUT2D eigenvalue weighted by molar-refractivity contribution is -0.145. The molecule has 4 heteroatoms. The Balaban J connectivity index is 1.74. The quantitative estimate of drug-likeness (QED) is 0.571.